The Morgan fingerprint density at radius 3 is 2.58 bits per heavy atom. The largest absolute Gasteiger partial charge is 0.369 e. The summed E-state index contributed by atoms with van der Waals surface area (Å²) in [5, 5.41) is 0.732. The molecule has 4 heteroatoms. The van der Waals surface area contributed by atoms with E-state index in [-0.39, 0.29) is 0 Å². The minimum Gasteiger partial charge on any atom is -0.369 e. The molecule has 0 aromatic heterocycles. The van der Waals surface area contributed by atoms with E-state index in [4.69, 9.17) is 23.2 Å². The Balaban J connectivity index is 2.27. The van der Waals surface area contributed by atoms with Crippen molar-refractivity contribution >= 4 is 44.8 Å². The van der Waals surface area contributed by atoms with Crippen molar-refractivity contribution in [2.24, 2.45) is 0 Å². The molecule has 2 aromatic rings. The standard InChI is InChI=1S/C15H14BrCl2N/c1-19(10-11-4-2-6-13(16)8-11)15-12(9-17)5-3-7-14(15)18/h2-8H,9-10H2,1H3. The second-order valence-electron chi connectivity index (χ2n) is 4.37. The summed E-state index contributed by atoms with van der Waals surface area (Å²) >= 11 is 15.8. The molecule has 100 valence electrons. The molecule has 0 amide bonds. The predicted molar refractivity (Wildman–Crippen MR) is 87.3 cm³/mol. The molecule has 0 N–H and O–H groups in total. The quantitative estimate of drug-likeness (QED) is 0.654. The maximum atomic E-state index is 6.29. The van der Waals surface area contributed by atoms with Crippen molar-refractivity contribution in [1.29, 1.82) is 0 Å². The van der Waals surface area contributed by atoms with E-state index in [1.54, 1.807) is 0 Å². The van der Waals surface area contributed by atoms with Crippen molar-refractivity contribution in [3.05, 3.63) is 63.1 Å². The first-order valence-corrected chi connectivity index (χ1v) is 7.61. The number of benzene rings is 2. The van der Waals surface area contributed by atoms with E-state index >= 15 is 0 Å². The molecule has 2 aromatic carbocycles. The van der Waals surface area contributed by atoms with Crippen LogP contribution in [-0.4, -0.2) is 7.05 Å². The van der Waals surface area contributed by atoms with Crippen LogP contribution >= 0.6 is 39.1 Å². The normalized spacial score (nSPS) is 10.5. The van der Waals surface area contributed by atoms with Crippen LogP contribution in [0.4, 0.5) is 5.69 Å². The maximum absolute atomic E-state index is 6.29. The van der Waals surface area contributed by atoms with E-state index < -0.39 is 0 Å². The van der Waals surface area contributed by atoms with Gasteiger partial charge in [-0.3, -0.25) is 0 Å². The summed E-state index contributed by atoms with van der Waals surface area (Å²) < 4.78 is 1.08. The molecule has 0 radical (unpaired) electrons. The van der Waals surface area contributed by atoms with Crippen molar-refractivity contribution in [3.8, 4) is 0 Å². The van der Waals surface area contributed by atoms with E-state index in [1.807, 2.05) is 37.4 Å². The highest BCUT2D eigenvalue weighted by Gasteiger charge is 2.11. The highest BCUT2D eigenvalue weighted by Crippen LogP contribution is 2.31. The Hall–Kier alpha value is -0.700. The lowest BCUT2D eigenvalue weighted by Gasteiger charge is -2.23. The van der Waals surface area contributed by atoms with Gasteiger partial charge >= 0.3 is 0 Å². The van der Waals surface area contributed by atoms with E-state index in [9.17, 15) is 0 Å². The minimum absolute atomic E-state index is 0.457. The topological polar surface area (TPSA) is 3.24 Å². The first kappa shape index (κ1) is 14.7. The van der Waals surface area contributed by atoms with Gasteiger partial charge in [-0.05, 0) is 29.3 Å². The van der Waals surface area contributed by atoms with Gasteiger partial charge in [-0.25, -0.2) is 0 Å². The summed E-state index contributed by atoms with van der Waals surface area (Å²) in [5.41, 5.74) is 3.27. The lowest BCUT2D eigenvalue weighted by molar-refractivity contribution is 0.915. The van der Waals surface area contributed by atoms with E-state index in [0.717, 1.165) is 27.3 Å². The third-order valence-corrected chi connectivity index (χ3v) is 3.99. The first-order valence-electron chi connectivity index (χ1n) is 5.90. The van der Waals surface area contributed by atoms with Gasteiger partial charge in [-0.15, -0.1) is 11.6 Å². The minimum atomic E-state index is 0.457. The Labute approximate surface area is 132 Å². The fourth-order valence-electron chi connectivity index (χ4n) is 2.08. The van der Waals surface area contributed by atoms with Crippen LogP contribution in [-0.2, 0) is 12.4 Å². The van der Waals surface area contributed by atoms with Crippen molar-refractivity contribution in [1.82, 2.24) is 0 Å². The highest BCUT2D eigenvalue weighted by atomic mass is 79.9. The van der Waals surface area contributed by atoms with Crippen molar-refractivity contribution in [2.75, 3.05) is 11.9 Å². The van der Waals surface area contributed by atoms with Gasteiger partial charge in [0, 0.05) is 23.9 Å². The molecule has 0 heterocycles. The number of rotatable bonds is 4. The van der Waals surface area contributed by atoms with Gasteiger partial charge < -0.3 is 4.90 Å². The summed E-state index contributed by atoms with van der Waals surface area (Å²) in [5.74, 6) is 0.457. The van der Waals surface area contributed by atoms with E-state index in [2.05, 4.69) is 33.0 Å². The van der Waals surface area contributed by atoms with Crippen LogP contribution in [0.3, 0.4) is 0 Å². The van der Waals surface area contributed by atoms with Crippen molar-refractivity contribution in [2.45, 2.75) is 12.4 Å². The van der Waals surface area contributed by atoms with E-state index in [1.165, 1.54) is 5.56 Å². The zero-order chi connectivity index (χ0) is 13.8. The van der Waals surface area contributed by atoms with Crippen LogP contribution in [0.15, 0.2) is 46.9 Å². The molecule has 0 aliphatic rings. The van der Waals surface area contributed by atoms with Gasteiger partial charge in [-0.2, -0.15) is 0 Å². The maximum Gasteiger partial charge on any atom is 0.0642 e. The Kier molecular flexibility index (Phi) is 5.14. The van der Waals surface area contributed by atoms with Gasteiger partial charge in [0.1, 0.15) is 0 Å². The molecule has 0 bridgehead atoms. The third-order valence-electron chi connectivity index (χ3n) is 2.90. The average Bonchev–Trinajstić information content (AvgIpc) is 2.38. The van der Waals surface area contributed by atoms with Gasteiger partial charge in [0.15, 0.2) is 0 Å². The molecule has 19 heavy (non-hydrogen) atoms. The average molecular weight is 359 g/mol. The molecule has 0 saturated heterocycles. The third kappa shape index (κ3) is 3.65. The fourth-order valence-corrected chi connectivity index (χ4v) is 3.08. The lowest BCUT2D eigenvalue weighted by atomic mass is 10.1. The molecule has 0 saturated carbocycles. The van der Waals surface area contributed by atoms with Crippen molar-refractivity contribution < 1.29 is 0 Å². The molecule has 0 aliphatic carbocycles. The summed E-state index contributed by atoms with van der Waals surface area (Å²) in [7, 11) is 2.03. The molecule has 0 atom stereocenters. The van der Waals surface area contributed by atoms with Crippen LogP contribution < -0.4 is 4.90 Å². The van der Waals surface area contributed by atoms with Crippen molar-refractivity contribution in [3.63, 3.8) is 0 Å². The SMILES string of the molecule is CN(Cc1cccc(Br)c1)c1c(Cl)cccc1CCl. The lowest BCUT2D eigenvalue weighted by Crippen LogP contribution is -2.18. The van der Waals surface area contributed by atoms with Gasteiger partial charge in [0.25, 0.3) is 0 Å². The zero-order valence-electron chi connectivity index (χ0n) is 10.5. The molecule has 1 nitrogen and oxygen atoms in total. The first-order chi connectivity index (χ1) is 9.11. The Morgan fingerprint density at radius 2 is 1.89 bits per heavy atom. The molecular weight excluding hydrogens is 345 g/mol. The highest BCUT2D eigenvalue weighted by molar-refractivity contribution is 9.10. The summed E-state index contributed by atoms with van der Waals surface area (Å²) in [6.45, 7) is 0.785. The van der Waals surface area contributed by atoms with Crippen LogP contribution in [0.2, 0.25) is 5.02 Å². The molecule has 0 spiro atoms. The molecule has 0 aliphatic heterocycles. The number of hydrogen-bond acceptors (Lipinski definition) is 1. The Morgan fingerprint density at radius 1 is 1.16 bits per heavy atom. The van der Waals surface area contributed by atoms with Crippen LogP contribution in [0.5, 0.6) is 0 Å². The summed E-state index contributed by atoms with van der Waals surface area (Å²) in [6, 6.07) is 14.1. The molecule has 0 unspecified atom stereocenters. The van der Waals surface area contributed by atoms with Gasteiger partial charge in [0.2, 0.25) is 0 Å². The smallest absolute Gasteiger partial charge is 0.0642 e. The van der Waals surface area contributed by atoms with Crippen LogP contribution in [0.1, 0.15) is 11.1 Å². The predicted octanol–water partition coefficient (Wildman–Crippen LogP) is 5.48. The van der Waals surface area contributed by atoms with Crippen LogP contribution in [0, 0.1) is 0 Å². The fraction of sp³-hybridized carbons (Fsp3) is 0.200. The van der Waals surface area contributed by atoms with Crippen LogP contribution in [0.25, 0.3) is 0 Å². The van der Waals surface area contributed by atoms with E-state index in [0.29, 0.717) is 5.88 Å². The molecule has 2 rings (SSSR count). The zero-order valence-corrected chi connectivity index (χ0v) is 13.6. The summed E-state index contributed by atoms with van der Waals surface area (Å²) in [4.78, 5) is 2.13. The number of halogens is 3. The molecular formula is C15H14BrCl2N. The number of anilines is 1. The number of para-hydroxylation sites is 1. The van der Waals surface area contributed by atoms with Gasteiger partial charge in [0.05, 0.1) is 10.7 Å². The number of nitrogens with zero attached hydrogens (tertiary/aromatic N) is 1. The van der Waals surface area contributed by atoms with Gasteiger partial charge in [-0.1, -0.05) is 51.8 Å². The summed E-state index contributed by atoms with van der Waals surface area (Å²) in [6.07, 6.45) is 0. The second kappa shape index (κ2) is 6.65. The second-order valence-corrected chi connectivity index (χ2v) is 5.96. The molecule has 0 fully saturated rings. The Bertz CT molecular complexity index is 572. The monoisotopic (exact) mass is 357 g/mol. The number of alkyl halides is 1. The number of hydrogen-bond donors (Lipinski definition) is 0.